The maximum Gasteiger partial charge on any atom is 0.243 e. The van der Waals surface area contributed by atoms with Crippen LogP contribution in [0.2, 0.25) is 0 Å². The molecule has 0 aliphatic carbocycles. The van der Waals surface area contributed by atoms with E-state index in [1.807, 2.05) is 107 Å². The Labute approximate surface area is 239 Å². The summed E-state index contributed by atoms with van der Waals surface area (Å²) in [7, 11) is -3.56. The average Bonchev–Trinajstić information content (AvgIpc) is 2.88. The van der Waals surface area contributed by atoms with Gasteiger partial charge in [-0.3, -0.25) is 13.9 Å². The van der Waals surface area contributed by atoms with Crippen molar-refractivity contribution in [1.82, 2.24) is 10.2 Å². The van der Waals surface area contributed by atoms with Crippen LogP contribution >= 0.6 is 0 Å². The van der Waals surface area contributed by atoms with Crippen LogP contribution in [-0.4, -0.2) is 50.0 Å². The second kappa shape index (κ2) is 14.1. The lowest BCUT2D eigenvalue weighted by atomic mass is 10.0. The van der Waals surface area contributed by atoms with Gasteiger partial charge in [-0.05, 0) is 68.5 Å². The van der Waals surface area contributed by atoms with Crippen molar-refractivity contribution >= 4 is 27.5 Å². The number of carbonyl (C=O) groups is 2. The number of sulfonamides is 1. The Kier molecular flexibility index (Phi) is 10.9. The van der Waals surface area contributed by atoms with Crippen molar-refractivity contribution in [2.45, 2.75) is 65.6 Å². The maximum absolute atomic E-state index is 13.8. The third kappa shape index (κ3) is 9.23. The number of rotatable bonds is 13. The van der Waals surface area contributed by atoms with E-state index in [1.165, 1.54) is 10.6 Å². The van der Waals surface area contributed by atoms with Crippen molar-refractivity contribution in [3.8, 4) is 0 Å². The highest BCUT2D eigenvalue weighted by atomic mass is 32.2. The summed E-state index contributed by atoms with van der Waals surface area (Å²) in [4.78, 5) is 28.9. The monoisotopic (exact) mass is 563 g/mol. The zero-order valence-electron chi connectivity index (χ0n) is 24.1. The first-order valence-electron chi connectivity index (χ1n) is 13.7. The van der Waals surface area contributed by atoms with Gasteiger partial charge in [-0.15, -0.1) is 0 Å². The fourth-order valence-corrected chi connectivity index (χ4v) is 5.76. The molecule has 0 saturated carbocycles. The average molecular weight is 564 g/mol. The molecule has 0 fully saturated rings. The standard InChI is InChI=1S/C32H41N3O4S/c1-24(2)33-32(37)30(22-27-13-8-6-9-14-27)34(23-28-15-10-7-11-16-28)31(36)17-12-18-35(40(5,38)39)29-20-25(3)19-26(4)21-29/h6-11,13-16,19-21,24,30H,12,17-18,22-23H2,1-5H3,(H,33,37)/t30-/m0/s1. The highest BCUT2D eigenvalue weighted by molar-refractivity contribution is 7.92. The summed E-state index contributed by atoms with van der Waals surface area (Å²) in [6.45, 7) is 8.08. The molecule has 0 aliphatic rings. The van der Waals surface area contributed by atoms with Gasteiger partial charge in [0.15, 0.2) is 0 Å². The van der Waals surface area contributed by atoms with Crippen LogP contribution in [0.4, 0.5) is 5.69 Å². The van der Waals surface area contributed by atoms with Crippen molar-refractivity contribution in [2.24, 2.45) is 0 Å². The van der Waals surface area contributed by atoms with Crippen LogP contribution in [-0.2, 0) is 32.6 Å². The number of benzene rings is 3. The third-order valence-electron chi connectivity index (χ3n) is 6.54. The van der Waals surface area contributed by atoms with Crippen LogP contribution in [0.15, 0.2) is 78.9 Å². The molecule has 7 nitrogen and oxygen atoms in total. The zero-order valence-corrected chi connectivity index (χ0v) is 24.9. The Morgan fingerprint density at radius 3 is 1.93 bits per heavy atom. The molecule has 1 atom stereocenters. The van der Waals surface area contributed by atoms with Gasteiger partial charge < -0.3 is 10.2 Å². The van der Waals surface area contributed by atoms with Gasteiger partial charge in [0, 0.05) is 32.0 Å². The largest absolute Gasteiger partial charge is 0.352 e. The summed E-state index contributed by atoms with van der Waals surface area (Å²) < 4.78 is 26.7. The quantitative estimate of drug-likeness (QED) is 0.317. The van der Waals surface area contributed by atoms with E-state index in [9.17, 15) is 18.0 Å². The Bertz CT molecular complexity index is 1360. The molecule has 0 aromatic heterocycles. The van der Waals surface area contributed by atoms with Crippen LogP contribution in [0.5, 0.6) is 0 Å². The fraction of sp³-hybridized carbons (Fsp3) is 0.375. The lowest BCUT2D eigenvalue weighted by Gasteiger charge is -2.32. The molecule has 0 bridgehead atoms. The molecule has 0 aliphatic heterocycles. The molecule has 40 heavy (non-hydrogen) atoms. The number of nitrogens with zero attached hydrogens (tertiary/aromatic N) is 2. The zero-order chi connectivity index (χ0) is 29.3. The molecule has 214 valence electrons. The molecule has 1 N–H and O–H groups in total. The van der Waals surface area contributed by atoms with Crippen LogP contribution in [0, 0.1) is 13.8 Å². The van der Waals surface area contributed by atoms with Gasteiger partial charge in [-0.1, -0.05) is 66.7 Å². The van der Waals surface area contributed by atoms with Crippen LogP contribution in [0.25, 0.3) is 0 Å². The number of carbonyl (C=O) groups excluding carboxylic acids is 2. The minimum atomic E-state index is -3.56. The Morgan fingerprint density at radius 1 is 0.850 bits per heavy atom. The lowest BCUT2D eigenvalue weighted by molar-refractivity contribution is -0.141. The second-order valence-electron chi connectivity index (χ2n) is 10.7. The Balaban J connectivity index is 1.87. The molecule has 8 heteroatoms. The number of amides is 2. The van der Waals surface area contributed by atoms with Crippen molar-refractivity contribution in [3.63, 3.8) is 0 Å². The molecule has 0 saturated heterocycles. The molecule has 2 amide bonds. The first kappa shape index (κ1) is 30.9. The number of hydrogen-bond donors (Lipinski definition) is 1. The number of aryl methyl sites for hydroxylation is 2. The summed E-state index contributed by atoms with van der Waals surface area (Å²) >= 11 is 0. The van der Waals surface area contributed by atoms with Gasteiger partial charge in [0.2, 0.25) is 21.8 Å². The van der Waals surface area contributed by atoms with E-state index in [0.717, 1.165) is 22.3 Å². The highest BCUT2D eigenvalue weighted by Crippen LogP contribution is 2.23. The molecule has 0 unspecified atom stereocenters. The smallest absolute Gasteiger partial charge is 0.243 e. The van der Waals surface area contributed by atoms with Crippen molar-refractivity contribution in [2.75, 3.05) is 17.1 Å². The SMILES string of the molecule is Cc1cc(C)cc(N(CCCC(=O)N(Cc2ccccc2)[C@@H](Cc2ccccc2)C(=O)NC(C)C)S(C)(=O)=O)c1. The number of anilines is 1. The molecular weight excluding hydrogens is 522 g/mol. The normalized spacial score (nSPS) is 12.2. The molecule has 3 rings (SSSR count). The van der Waals surface area contributed by atoms with Crippen LogP contribution in [0.1, 0.15) is 48.9 Å². The molecule has 0 heterocycles. The van der Waals surface area contributed by atoms with Crippen molar-refractivity contribution in [1.29, 1.82) is 0 Å². The van der Waals surface area contributed by atoms with Crippen LogP contribution < -0.4 is 9.62 Å². The van der Waals surface area contributed by atoms with Gasteiger partial charge in [-0.2, -0.15) is 0 Å². The lowest BCUT2D eigenvalue weighted by Crippen LogP contribution is -2.51. The molecule has 0 spiro atoms. The summed E-state index contributed by atoms with van der Waals surface area (Å²) in [5.74, 6) is -0.409. The van der Waals surface area contributed by atoms with Gasteiger partial charge in [-0.25, -0.2) is 8.42 Å². The molecule has 0 radical (unpaired) electrons. The van der Waals surface area contributed by atoms with Crippen molar-refractivity contribution in [3.05, 3.63) is 101 Å². The van der Waals surface area contributed by atoms with E-state index in [4.69, 9.17) is 0 Å². The van der Waals surface area contributed by atoms with E-state index in [0.29, 0.717) is 18.5 Å². The van der Waals surface area contributed by atoms with Crippen molar-refractivity contribution < 1.29 is 18.0 Å². The van der Waals surface area contributed by atoms with E-state index in [2.05, 4.69) is 5.32 Å². The predicted molar refractivity (Wildman–Crippen MR) is 162 cm³/mol. The van der Waals surface area contributed by atoms with E-state index in [-0.39, 0.29) is 37.4 Å². The summed E-state index contributed by atoms with van der Waals surface area (Å²) in [5, 5.41) is 2.99. The maximum atomic E-state index is 13.8. The predicted octanol–water partition coefficient (Wildman–Crippen LogP) is 5.01. The molecular formula is C32H41N3O4S. The van der Waals surface area contributed by atoms with E-state index < -0.39 is 16.1 Å². The van der Waals surface area contributed by atoms with Gasteiger partial charge in [0.1, 0.15) is 6.04 Å². The van der Waals surface area contributed by atoms with Crippen LogP contribution in [0.3, 0.4) is 0 Å². The Morgan fingerprint density at radius 2 is 1.40 bits per heavy atom. The fourth-order valence-electron chi connectivity index (χ4n) is 4.81. The van der Waals surface area contributed by atoms with E-state index in [1.54, 1.807) is 4.90 Å². The number of hydrogen-bond acceptors (Lipinski definition) is 4. The minimum absolute atomic E-state index is 0.0828. The number of nitrogens with one attached hydrogen (secondary N) is 1. The molecule has 3 aromatic rings. The summed E-state index contributed by atoms with van der Waals surface area (Å²) in [6, 6.07) is 24.1. The van der Waals surface area contributed by atoms with Gasteiger partial charge in [0.05, 0.1) is 11.9 Å². The summed E-state index contributed by atoms with van der Waals surface area (Å²) in [5.41, 5.74) is 4.39. The third-order valence-corrected chi connectivity index (χ3v) is 7.74. The topological polar surface area (TPSA) is 86.8 Å². The first-order chi connectivity index (χ1) is 18.9. The second-order valence-corrected chi connectivity index (χ2v) is 12.6. The molecule has 3 aromatic carbocycles. The minimum Gasteiger partial charge on any atom is -0.352 e. The van der Waals surface area contributed by atoms with E-state index >= 15 is 0 Å². The Hall–Kier alpha value is -3.65. The van der Waals surface area contributed by atoms with Gasteiger partial charge in [0.25, 0.3) is 0 Å². The highest BCUT2D eigenvalue weighted by Gasteiger charge is 2.31. The van der Waals surface area contributed by atoms with Gasteiger partial charge >= 0.3 is 0 Å². The summed E-state index contributed by atoms with van der Waals surface area (Å²) in [6.07, 6.45) is 1.97. The first-order valence-corrected chi connectivity index (χ1v) is 15.5.